The van der Waals surface area contributed by atoms with Gasteiger partial charge in [-0.3, -0.25) is 0 Å². The summed E-state index contributed by atoms with van der Waals surface area (Å²) in [6, 6.07) is 4.24. The first-order valence-corrected chi connectivity index (χ1v) is 6.04. The van der Waals surface area contributed by atoms with Crippen LogP contribution in [0.25, 0.3) is 0 Å². The minimum absolute atomic E-state index is 0.311. The lowest BCUT2D eigenvalue weighted by Crippen LogP contribution is -2.29. The SMILES string of the molecule is CNC1(Cc2cc(OC)c(C)c(OC)c2)CC1. The van der Waals surface area contributed by atoms with Crippen molar-refractivity contribution in [3.63, 3.8) is 0 Å². The van der Waals surface area contributed by atoms with Crippen LogP contribution in [0.15, 0.2) is 12.1 Å². The van der Waals surface area contributed by atoms with Gasteiger partial charge in [-0.15, -0.1) is 0 Å². The van der Waals surface area contributed by atoms with Crippen molar-refractivity contribution in [1.82, 2.24) is 5.32 Å². The molecule has 1 aliphatic rings. The molecule has 0 atom stereocenters. The molecule has 3 heteroatoms. The van der Waals surface area contributed by atoms with Crippen molar-refractivity contribution in [1.29, 1.82) is 0 Å². The Morgan fingerprint density at radius 3 is 2.06 bits per heavy atom. The van der Waals surface area contributed by atoms with E-state index in [1.807, 2.05) is 14.0 Å². The van der Waals surface area contributed by atoms with Crippen LogP contribution in [0.2, 0.25) is 0 Å². The van der Waals surface area contributed by atoms with Crippen molar-refractivity contribution in [3.8, 4) is 11.5 Å². The Balaban J connectivity index is 2.28. The highest BCUT2D eigenvalue weighted by Crippen LogP contribution is 2.40. The van der Waals surface area contributed by atoms with Crippen LogP contribution in [0, 0.1) is 6.92 Å². The van der Waals surface area contributed by atoms with Crippen LogP contribution >= 0.6 is 0 Å². The second kappa shape index (κ2) is 4.57. The average molecular weight is 235 g/mol. The third-order valence-corrected chi connectivity index (χ3v) is 3.74. The largest absolute Gasteiger partial charge is 0.496 e. The number of nitrogens with one attached hydrogen (secondary N) is 1. The molecule has 1 aromatic carbocycles. The third kappa shape index (κ3) is 2.39. The maximum absolute atomic E-state index is 5.40. The van der Waals surface area contributed by atoms with Gasteiger partial charge in [-0.1, -0.05) is 0 Å². The van der Waals surface area contributed by atoms with E-state index in [2.05, 4.69) is 17.4 Å². The van der Waals surface area contributed by atoms with Crippen LogP contribution in [0.1, 0.15) is 24.0 Å². The molecule has 3 nitrogen and oxygen atoms in total. The van der Waals surface area contributed by atoms with E-state index in [1.54, 1.807) is 14.2 Å². The van der Waals surface area contributed by atoms with Crippen LogP contribution < -0.4 is 14.8 Å². The monoisotopic (exact) mass is 235 g/mol. The van der Waals surface area contributed by atoms with E-state index < -0.39 is 0 Å². The number of benzene rings is 1. The Kier molecular flexibility index (Phi) is 3.29. The molecule has 1 aromatic rings. The van der Waals surface area contributed by atoms with Gasteiger partial charge in [0, 0.05) is 11.1 Å². The summed E-state index contributed by atoms with van der Waals surface area (Å²) < 4.78 is 10.8. The molecule has 0 aliphatic heterocycles. The van der Waals surface area contributed by atoms with Crippen LogP contribution in [0.4, 0.5) is 0 Å². The fourth-order valence-electron chi connectivity index (χ4n) is 2.30. The lowest BCUT2D eigenvalue weighted by Gasteiger charge is -2.17. The van der Waals surface area contributed by atoms with Crippen molar-refractivity contribution in [2.75, 3.05) is 21.3 Å². The smallest absolute Gasteiger partial charge is 0.125 e. The van der Waals surface area contributed by atoms with Crippen LogP contribution in [-0.2, 0) is 6.42 Å². The predicted octanol–water partition coefficient (Wildman–Crippen LogP) is 2.31. The van der Waals surface area contributed by atoms with Crippen molar-refractivity contribution in [3.05, 3.63) is 23.3 Å². The quantitative estimate of drug-likeness (QED) is 0.849. The summed E-state index contributed by atoms with van der Waals surface area (Å²) in [5.41, 5.74) is 2.65. The fraction of sp³-hybridized carbons (Fsp3) is 0.571. The molecule has 0 amide bonds. The maximum atomic E-state index is 5.40. The van der Waals surface area contributed by atoms with Gasteiger partial charge in [-0.2, -0.15) is 0 Å². The molecule has 1 aliphatic carbocycles. The Hall–Kier alpha value is -1.22. The second-order valence-electron chi connectivity index (χ2n) is 4.83. The predicted molar refractivity (Wildman–Crippen MR) is 69.0 cm³/mol. The summed E-state index contributed by atoms with van der Waals surface area (Å²) in [6.07, 6.45) is 3.54. The van der Waals surface area contributed by atoms with Crippen molar-refractivity contribution < 1.29 is 9.47 Å². The van der Waals surface area contributed by atoms with Gasteiger partial charge in [0.1, 0.15) is 11.5 Å². The highest BCUT2D eigenvalue weighted by molar-refractivity contribution is 5.47. The summed E-state index contributed by atoms with van der Waals surface area (Å²) in [6.45, 7) is 2.02. The Morgan fingerprint density at radius 1 is 1.18 bits per heavy atom. The number of likely N-dealkylation sites (N-methyl/N-ethyl adjacent to an activating group) is 1. The topological polar surface area (TPSA) is 30.5 Å². The van der Waals surface area contributed by atoms with Crippen LogP contribution in [-0.4, -0.2) is 26.8 Å². The Bertz CT molecular complexity index is 386. The van der Waals surface area contributed by atoms with Crippen LogP contribution in [0.5, 0.6) is 11.5 Å². The van der Waals surface area contributed by atoms with E-state index in [0.717, 1.165) is 23.5 Å². The molecule has 2 rings (SSSR count). The number of rotatable bonds is 5. The van der Waals surface area contributed by atoms with Gasteiger partial charge in [-0.05, 0) is 50.9 Å². The van der Waals surface area contributed by atoms with E-state index >= 15 is 0 Å². The summed E-state index contributed by atoms with van der Waals surface area (Å²) in [7, 11) is 5.45. The number of ether oxygens (including phenoxy) is 2. The number of hydrogen-bond donors (Lipinski definition) is 1. The molecule has 0 aromatic heterocycles. The number of methoxy groups -OCH3 is 2. The van der Waals surface area contributed by atoms with E-state index in [-0.39, 0.29) is 0 Å². The van der Waals surface area contributed by atoms with E-state index in [0.29, 0.717) is 5.54 Å². The molecule has 0 spiro atoms. The lowest BCUT2D eigenvalue weighted by atomic mass is 10.0. The van der Waals surface area contributed by atoms with Gasteiger partial charge in [0.2, 0.25) is 0 Å². The molecular formula is C14H21NO2. The number of hydrogen-bond acceptors (Lipinski definition) is 3. The molecule has 1 saturated carbocycles. The zero-order valence-electron chi connectivity index (χ0n) is 11.1. The molecule has 0 heterocycles. The van der Waals surface area contributed by atoms with E-state index in [9.17, 15) is 0 Å². The molecular weight excluding hydrogens is 214 g/mol. The fourth-order valence-corrected chi connectivity index (χ4v) is 2.30. The summed E-state index contributed by atoms with van der Waals surface area (Å²) in [4.78, 5) is 0. The average Bonchev–Trinajstić information content (AvgIpc) is 3.11. The maximum Gasteiger partial charge on any atom is 0.125 e. The van der Waals surface area contributed by atoms with Gasteiger partial charge in [-0.25, -0.2) is 0 Å². The standard InChI is InChI=1S/C14H21NO2/c1-10-12(16-3)7-11(8-13(10)17-4)9-14(15-2)5-6-14/h7-8,15H,5-6,9H2,1-4H3. The van der Waals surface area contributed by atoms with Gasteiger partial charge in [0.05, 0.1) is 14.2 Å². The second-order valence-corrected chi connectivity index (χ2v) is 4.83. The Labute approximate surface area is 103 Å². The molecule has 94 valence electrons. The third-order valence-electron chi connectivity index (χ3n) is 3.74. The first-order valence-electron chi connectivity index (χ1n) is 6.04. The zero-order valence-corrected chi connectivity index (χ0v) is 11.1. The molecule has 1 N–H and O–H groups in total. The summed E-state index contributed by atoms with van der Waals surface area (Å²) in [5, 5.41) is 3.41. The summed E-state index contributed by atoms with van der Waals surface area (Å²) in [5.74, 6) is 1.82. The lowest BCUT2D eigenvalue weighted by molar-refractivity contribution is 0.387. The molecule has 0 unspecified atom stereocenters. The van der Waals surface area contributed by atoms with Crippen LogP contribution in [0.3, 0.4) is 0 Å². The van der Waals surface area contributed by atoms with Gasteiger partial charge < -0.3 is 14.8 Å². The zero-order chi connectivity index (χ0) is 12.5. The van der Waals surface area contributed by atoms with E-state index in [1.165, 1.54) is 18.4 Å². The molecule has 0 bridgehead atoms. The van der Waals surface area contributed by atoms with Crippen molar-refractivity contribution >= 4 is 0 Å². The molecule has 17 heavy (non-hydrogen) atoms. The highest BCUT2D eigenvalue weighted by Gasteiger charge is 2.40. The molecule has 0 saturated heterocycles. The first kappa shape index (κ1) is 12.2. The summed E-state index contributed by atoms with van der Waals surface area (Å²) >= 11 is 0. The Morgan fingerprint density at radius 2 is 1.71 bits per heavy atom. The minimum atomic E-state index is 0.311. The first-order chi connectivity index (χ1) is 8.14. The van der Waals surface area contributed by atoms with Gasteiger partial charge in [0.25, 0.3) is 0 Å². The highest BCUT2D eigenvalue weighted by atomic mass is 16.5. The normalized spacial score (nSPS) is 16.7. The van der Waals surface area contributed by atoms with E-state index in [4.69, 9.17) is 9.47 Å². The van der Waals surface area contributed by atoms with Crippen molar-refractivity contribution in [2.45, 2.75) is 31.7 Å². The molecule has 0 radical (unpaired) electrons. The molecule has 1 fully saturated rings. The van der Waals surface area contributed by atoms with Gasteiger partial charge in [0.15, 0.2) is 0 Å². The minimum Gasteiger partial charge on any atom is -0.496 e. The van der Waals surface area contributed by atoms with Gasteiger partial charge >= 0.3 is 0 Å². The van der Waals surface area contributed by atoms with Crippen molar-refractivity contribution in [2.24, 2.45) is 0 Å².